The second kappa shape index (κ2) is 9.59. The predicted octanol–water partition coefficient (Wildman–Crippen LogP) is 4.88. The fourth-order valence-corrected chi connectivity index (χ4v) is 4.18. The highest BCUT2D eigenvalue weighted by atomic mass is 16.3. The van der Waals surface area contributed by atoms with Crippen molar-refractivity contribution < 1.29 is 9.90 Å². The number of rotatable bonds is 7. The first kappa shape index (κ1) is 22.3. The van der Waals surface area contributed by atoms with Crippen LogP contribution >= 0.6 is 0 Å². The molecule has 1 radical (unpaired) electrons. The molecule has 2 aromatic rings. The maximum Gasteiger partial charge on any atom is 0.257 e. The summed E-state index contributed by atoms with van der Waals surface area (Å²) in [7, 11) is 0. The number of benzene rings is 1. The average molecular weight is 409 g/mol. The fraction of sp³-hybridized carbons (Fsp3) is 0.560. The zero-order chi connectivity index (χ0) is 21.7. The van der Waals surface area contributed by atoms with Crippen molar-refractivity contribution >= 4 is 12.0 Å². The number of aromatic hydroxyl groups is 1. The van der Waals surface area contributed by atoms with Gasteiger partial charge in [-0.15, -0.1) is 0 Å². The molecule has 1 aliphatic heterocycles. The normalized spacial score (nSPS) is 15.4. The van der Waals surface area contributed by atoms with E-state index in [0.717, 1.165) is 38.3 Å². The van der Waals surface area contributed by atoms with Gasteiger partial charge in [-0.3, -0.25) is 4.79 Å². The van der Waals surface area contributed by atoms with Gasteiger partial charge in [-0.05, 0) is 55.2 Å². The lowest BCUT2D eigenvalue weighted by atomic mass is 9.87. The van der Waals surface area contributed by atoms with Crippen LogP contribution in [0.5, 0.6) is 5.75 Å². The van der Waals surface area contributed by atoms with Crippen LogP contribution < -0.4 is 4.90 Å². The number of anilines is 1. The van der Waals surface area contributed by atoms with Gasteiger partial charge in [0.1, 0.15) is 5.82 Å². The molecule has 1 saturated heterocycles. The van der Waals surface area contributed by atoms with Gasteiger partial charge >= 0.3 is 0 Å². The monoisotopic (exact) mass is 408 g/mol. The largest absolute Gasteiger partial charge is 0.504 e. The Kier molecular flexibility index (Phi) is 7.11. The average Bonchev–Trinajstić information content (AvgIpc) is 2.73. The van der Waals surface area contributed by atoms with E-state index in [-0.39, 0.29) is 16.9 Å². The summed E-state index contributed by atoms with van der Waals surface area (Å²) in [5.41, 5.74) is 3.33. The first-order valence-electron chi connectivity index (χ1n) is 11.1. The lowest BCUT2D eigenvalue weighted by molar-refractivity contribution is 0.368. The van der Waals surface area contributed by atoms with Gasteiger partial charge in [-0.25, -0.2) is 9.97 Å². The molecule has 161 valence electrons. The van der Waals surface area contributed by atoms with Crippen molar-refractivity contribution in [2.45, 2.75) is 71.6 Å². The number of hydrogen-bond acceptors (Lipinski definition) is 5. The fourth-order valence-electron chi connectivity index (χ4n) is 4.18. The van der Waals surface area contributed by atoms with E-state index >= 15 is 0 Å². The summed E-state index contributed by atoms with van der Waals surface area (Å²) >= 11 is 0. The number of unbranched alkanes of at least 4 members (excludes halogenated alkanes) is 1. The standard InChI is InChI=1S/C25H34N3O2/c1-18-24(30)22(17-29)27-23(26-18)8-6-5-7-19-13-15-28(16-14-19)21-11-9-20(10-12-21)25(2,3)4/h9-12,19,30H,5-8,13-16H2,1-4H3. The number of carbonyl (C=O) groups excluding carboxylic acids is 1. The van der Waals surface area contributed by atoms with E-state index in [0.29, 0.717) is 11.5 Å². The quantitative estimate of drug-likeness (QED) is 0.662. The summed E-state index contributed by atoms with van der Waals surface area (Å²) in [5.74, 6) is 1.24. The second-order valence-corrected chi connectivity index (χ2v) is 9.50. The highest BCUT2D eigenvalue weighted by molar-refractivity contribution is 5.76. The van der Waals surface area contributed by atoms with Gasteiger partial charge in [0, 0.05) is 25.2 Å². The van der Waals surface area contributed by atoms with E-state index in [4.69, 9.17) is 0 Å². The molecule has 30 heavy (non-hydrogen) atoms. The van der Waals surface area contributed by atoms with Crippen LogP contribution in [-0.2, 0) is 16.6 Å². The van der Waals surface area contributed by atoms with Crippen LogP contribution in [0.1, 0.15) is 75.7 Å². The van der Waals surface area contributed by atoms with Gasteiger partial charge in [-0.2, -0.15) is 0 Å². The van der Waals surface area contributed by atoms with Crippen molar-refractivity contribution in [1.82, 2.24) is 9.97 Å². The Balaban J connectivity index is 1.41. The van der Waals surface area contributed by atoms with Crippen LogP contribution in [0.15, 0.2) is 24.3 Å². The van der Waals surface area contributed by atoms with Gasteiger partial charge in [0.2, 0.25) is 0 Å². The molecule has 0 spiro atoms. The Morgan fingerprint density at radius 2 is 1.77 bits per heavy atom. The van der Waals surface area contributed by atoms with E-state index < -0.39 is 0 Å². The highest BCUT2D eigenvalue weighted by Crippen LogP contribution is 2.29. The third-order valence-electron chi connectivity index (χ3n) is 6.18. The zero-order valence-corrected chi connectivity index (χ0v) is 18.7. The molecule has 1 aromatic carbocycles. The van der Waals surface area contributed by atoms with E-state index in [9.17, 15) is 9.90 Å². The van der Waals surface area contributed by atoms with Gasteiger partial charge in [0.05, 0.1) is 5.69 Å². The summed E-state index contributed by atoms with van der Waals surface area (Å²) in [6, 6.07) is 9.07. The van der Waals surface area contributed by atoms with E-state index in [2.05, 4.69) is 59.9 Å². The number of aromatic nitrogens is 2. The lowest BCUT2D eigenvalue weighted by Crippen LogP contribution is -2.33. The molecule has 1 aliphatic rings. The first-order chi connectivity index (χ1) is 14.3. The summed E-state index contributed by atoms with van der Waals surface area (Å²) in [5, 5.41) is 9.73. The van der Waals surface area contributed by atoms with Gasteiger partial charge < -0.3 is 10.0 Å². The molecular formula is C25H34N3O2. The predicted molar refractivity (Wildman–Crippen MR) is 121 cm³/mol. The summed E-state index contributed by atoms with van der Waals surface area (Å²) in [6.07, 6.45) is 8.25. The molecule has 1 N–H and O–H groups in total. The van der Waals surface area contributed by atoms with Crippen molar-refractivity contribution in [3.8, 4) is 5.75 Å². The molecular weight excluding hydrogens is 374 g/mol. The van der Waals surface area contributed by atoms with Crippen molar-refractivity contribution in [2.24, 2.45) is 5.92 Å². The highest BCUT2D eigenvalue weighted by Gasteiger charge is 2.20. The Morgan fingerprint density at radius 3 is 2.37 bits per heavy atom. The third-order valence-corrected chi connectivity index (χ3v) is 6.18. The second-order valence-electron chi connectivity index (χ2n) is 9.50. The summed E-state index contributed by atoms with van der Waals surface area (Å²) < 4.78 is 0. The molecule has 1 aromatic heterocycles. The topological polar surface area (TPSA) is 66.3 Å². The minimum atomic E-state index is -0.159. The van der Waals surface area contributed by atoms with Crippen LogP contribution in [0.3, 0.4) is 0 Å². The van der Waals surface area contributed by atoms with Gasteiger partial charge in [-0.1, -0.05) is 45.7 Å². The van der Waals surface area contributed by atoms with E-state index in [1.165, 1.54) is 30.5 Å². The summed E-state index contributed by atoms with van der Waals surface area (Å²) in [4.78, 5) is 21.8. The van der Waals surface area contributed by atoms with Crippen LogP contribution in [0, 0.1) is 12.8 Å². The van der Waals surface area contributed by atoms with Gasteiger partial charge in [0.25, 0.3) is 6.29 Å². The number of nitrogens with zero attached hydrogens (tertiary/aromatic N) is 3. The SMILES string of the molecule is Cc1nc(CCCCC2CCN(c3ccc(C(C)(C)C)cc3)CC2)nc([C]=O)c1O. The third kappa shape index (κ3) is 5.59. The molecule has 0 amide bonds. The molecule has 0 saturated carbocycles. The molecule has 0 atom stereocenters. The van der Waals surface area contributed by atoms with Crippen molar-refractivity contribution in [3.05, 3.63) is 47.0 Å². The molecule has 5 heteroatoms. The number of piperidine rings is 1. The molecule has 0 unspecified atom stereocenters. The number of hydrogen-bond donors (Lipinski definition) is 1. The van der Waals surface area contributed by atoms with Crippen molar-refractivity contribution in [2.75, 3.05) is 18.0 Å². The van der Waals surface area contributed by atoms with Crippen molar-refractivity contribution in [1.29, 1.82) is 0 Å². The minimum Gasteiger partial charge on any atom is -0.504 e. The first-order valence-corrected chi connectivity index (χ1v) is 11.1. The van der Waals surface area contributed by atoms with Crippen LogP contribution in [0.2, 0.25) is 0 Å². The van der Waals surface area contributed by atoms with E-state index in [1.54, 1.807) is 13.2 Å². The smallest absolute Gasteiger partial charge is 0.257 e. The Labute approximate surface area is 180 Å². The van der Waals surface area contributed by atoms with Gasteiger partial charge in [0.15, 0.2) is 11.4 Å². The summed E-state index contributed by atoms with van der Waals surface area (Å²) in [6.45, 7) is 10.7. The zero-order valence-electron chi connectivity index (χ0n) is 18.7. The Morgan fingerprint density at radius 1 is 1.10 bits per heavy atom. The van der Waals surface area contributed by atoms with Crippen LogP contribution in [0.4, 0.5) is 5.69 Å². The Bertz CT molecular complexity index is 848. The van der Waals surface area contributed by atoms with E-state index in [1.807, 2.05) is 0 Å². The Hall–Kier alpha value is -2.43. The van der Waals surface area contributed by atoms with Crippen LogP contribution in [-0.4, -0.2) is 34.5 Å². The molecule has 3 rings (SSSR count). The van der Waals surface area contributed by atoms with Crippen LogP contribution in [0.25, 0.3) is 0 Å². The molecule has 2 heterocycles. The van der Waals surface area contributed by atoms with Crippen molar-refractivity contribution in [3.63, 3.8) is 0 Å². The maximum atomic E-state index is 10.9. The molecule has 0 bridgehead atoms. The minimum absolute atomic E-state index is 0.0274. The lowest BCUT2D eigenvalue weighted by Gasteiger charge is -2.34. The molecule has 0 aliphatic carbocycles. The number of aryl methyl sites for hydroxylation is 2. The maximum absolute atomic E-state index is 10.9. The molecule has 1 fully saturated rings. The molecule has 5 nitrogen and oxygen atoms in total.